The molecule has 1 aromatic carbocycles. The molecule has 1 unspecified atom stereocenters. The summed E-state index contributed by atoms with van der Waals surface area (Å²) in [6.45, 7) is 1.50. The summed E-state index contributed by atoms with van der Waals surface area (Å²) >= 11 is 5.82. The third-order valence-electron chi connectivity index (χ3n) is 3.27. The number of nitro benzene ring substituents is 1. The maximum Gasteiger partial charge on any atom is 0.329 e. The number of nitro groups is 1. The number of hydrogen-bond donors (Lipinski definition) is 1. The van der Waals surface area contributed by atoms with Gasteiger partial charge in [-0.15, -0.1) is 0 Å². The van der Waals surface area contributed by atoms with Gasteiger partial charge in [-0.05, 0) is 37.9 Å². The quantitative estimate of drug-likeness (QED) is 0.666. The third-order valence-corrected chi connectivity index (χ3v) is 3.57. The van der Waals surface area contributed by atoms with Crippen LogP contribution >= 0.6 is 11.6 Å². The van der Waals surface area contributed by atoms with Gasteiger partial charge in [-0.1, -0.05) is 24.1 Å². The first-order chi connectivity index (χ1) is 9.18. The summed E-state index contributed by atoms with van der Waals surface area (Å²) in [7, 11) is 0. The second-order valence-electron chi connectivity index (χ2n) is 4.63. The van der Waals surface area contributed by atoms with Gasteiger partial charge in [0.05, 0.1) is 11.5 Å². The molecule has 0 bridgehead atoms. The van der Waals surface area contributed by atoms with E-state index in [1.807, 2.05) is 0 Å². The molecule has 0 radical (unpaired) electrons. The van der Waals surface area contributed by atoms with Crippen LogP contribution in [0.3, 0.4) is 0 Å². The SMILES string of the molecule is O=[N+]([O-])c1c(Cl)cccc1OCCC1CCCCN1. The summed E-state index contributed by atoms with van der Waals surface area (Å²) in [5, 5.41) is 14.5. The monoisotopic (exact) mass is 284 g/mol. The van der Waals surface area contributed by atoms with Gasteiger partial charge < -0.3 is 10.1 Å². The number of para-hydroxylation sites is 1. The molecule has 0 aliphatic carbocycles. The van der Waals surface area contributed by atoms with Crippen molar-refractivity contribution in [2.75, 3.05) is 13.2 Å². The van der Waals surface area contributed by atoms with Gasteiger partial charge >= 0.3 is 5.69 Å². The van der Waals surface area contributed by atoms with Crippen molar-refractivity contribution in [1.82, 2.24) is 5.32 Å². The Hall–Kier alpha value is -1.33. The van der Waals surface area contributed by atoms with Gasteiger partial charge in [0.25, 0.3) is 0 Å². The van der Waals surface area contributed by atoms with E-state index in [0.29, 0.717) is 12.6 Å². The summed E-state index contributed by atoms with van der Waals surface area (Å²) < 4.78 is 5.52. The van der Waals surface area contributed by atoms with Crippen LogP contribution < -0.4 is 10.1 Å². The Morgan fingerprint density at radius 1 is 1.47 bits per heavy atom. The molecule has 0 amide bonds. The van der Waals surface area contributed by atoms with Crippen LogP contribution in [0.2, 0.25) is 5.02 Å². The fraction of sp³-hybridized carbons (Fsp3) is 0.538. The van der Waals surface area contributed by atoms with E-state index in [4.69, 9.17) is 16.3 Å². The van der Waals surface area contributed by atoms with Crippen molar-refractivity contribution in [3.05, 3.63) is 33.3 Å². The number of ether oxygens (including phenoxy) is 1. The van der Waals surface area contributed by atoms with E-state index in [0.717, 1.165) is 19.4 Å². The zero-order valence-corrected chi connectivity index (χ0v) is 11.4. The molecule has 1 heterocycles. The average molecular weight is 285 g/mol. The lowest BCUT2D eigenvalue weighted by Crippen LogP contribution is -2.35. The van der Waals surface area contributed by atoms with Crippen LogP contribution in [0.4, 0.5) is 5.69 Å². The standard InChI is InChI=1S/C13H17ClN2O3/c14-11-5-3-6-12(13(11)16(17)18)19-9-7-10-4-1-2-8-15-10/h3,5-6,10,15H,1-2,4,7-9H2. The lowest BCUT2D eigenvalue weighted by molar-refractivity contribution is -0.385. The first-order valence-electron chi connectivity index (χ1n) is 6.47. The van der Waals surface area contributed by atoms with Gasteiger partial charge in [-0.25, -0.2) is 0 Å². The number of hydrogen-bond acceptors (Lipinski definition) is 4. The first-order valence-corrected chi connectivity index (χ1v) is 6.85. The van der Waals surface area contributed by atoms with Crippen molar-refractivity contribution in [1.29, 1.82) is 0 Å². The minimum Gasteiger partial charge on any atom is -0.487 e. The summed E-state index contributed by atoms with van der Waals surface area (Å²) in [5.74, 6) is 0.244. The van der Waals surface area contributed by atoms with E-state index in [1.54, 1.807) is 12.1 Å². The number of nitrogens with zero attached hydrogens (tertiary/aromatic N) is 1. The lowest BCUT2D eigenvalue weighted by atomic mass is 10.0. The van der Waals surface area contributed by atoms with E-state index in [1.165, 1.54) is 18.9 Å². The zero-order chi connectivity index (χ0) is 13.7. The van der Waals surface area contributed by atoms with Gasteiger partial charge in [0.2, 0.25) is 0 Å². The molecule has 6 heteroatoms. The molecule has 1 fully saturated rings. The van der Waals surface area contributed by atoms with Crippen molar-refractivity contribution in [2.24, 2.45) is 0 Å². The van der Waals surface area contributed by atoms with Crippen LogP contribution in [0.25, 0.3) is 0 Å². The van der Waals surface area contributed by atoms with Gasteiger partial charge in [0, 0.05) is 6.04 Å². The molecule has 1 atom stereocenters. The van der Waals surface area contributed by atoms with E-state index < -0.39 is 4.92 Å². The highest BCUT2D eigenvalue weighted by Gasteiger charge is 2.20. The minimum atomic E-state index is -0.503. The van der Waals surface area contributed by atoms with Gasteiger partial charge in [0.15, 0.2) is 5.75 Å². The Morgan fingerprint density at radius 2 is 2.32 bits per heavy atom. The van der Waals surface area contributed by atoms with Gasteiger partial charge in [-0.2, -0.15) is 0 Å². The van der Waals surface area contributed by atoms with E-state index in [2.05, 4.69) is 5.32 Å². The maximum atomic E-state index is 10.9. The van der Waals surface area contributed by atoms with Crippen molar-refractivity contribution >= 4 is 17.3 Å². The second kappa shape index (κ2) is 6.73. The van der Waals surface area contributed by atoms with Crippen LogP contribution in [0.5, 0.6) is 5.75 Å². The maximum absolute atomic E-state index is 10.9. The van der Waals surface area contributed by atoms with Crippen molar-refractivity contribution in [3.8, 4) is 5.75 Å². The summed E-state index contributed by atoms with van der Waals surface area (Å²) in [6.07, 6.45) is 4.44. The zero-order valence-electron chi connectivity index (χ0n) is 10.6. The van der Waals surface area contributed by atoms with E-state index in [-0.39, 0.29) is 16.5 Å². The molecule has 1 N–H and O–H groups in total. The molecule has 5 nitrogen and oxygen atoms in total. The topological polar surface area (TPSA) is 64.4 Å². The summed E-state index contributed by atoms with van der Waals surface area (Å²) in [5.41, 5.74) is -0.152. The fourth-order valence-electron chi connectivity index (χ4n) is 2.27. The Balaban J connectivity index is 1.92. The smallest absolute Gasteiger partial charge is 0.329 e. The Morgan fingerprint density at radius 3 is 3.00 bits per heavy atom. The van der Waals surface area contributed by atoms with Gasteiger partial charge in [-0.3, -0.25) is 10.1 Å². The molecule has 19 heavy (non-hydrogen) atoms. The van der Waals surface area contributed by atoms with Gasteiger partial charge in [0.1, 0.15) is 5.02 Å². The molecule has 0 spiro atoms. The molecule has 2 rings (SSSR count). The minimum absolute atomic E-state index is 0.110. The highest BCUT2D eigenvalue weighted by Crippen LogP contribution is 2.34. The lowest BCUT2D eigenvalue weighted by Gasteiger charge is -2.23. The van der Waals surface area contributed by atoms with Crippen LogP contribution in [0, 0.1) is 10.1 Å². The largest absolute Gasteiger partial charge is 0.487 e. The summed E-state index contributed by atoms with van der Waals surface area (Å²) in [4.78, 5) is 10.4. The highest BCUT2D eigenvalue weighted by molar-refractivity contribution is 6.32. The Labute approximate surface area is 117 Å². The number of rotatable bonds is 5. The molecule has 0 aromatic heterocycles. The van der Waals surface area contributed by atoms with Crippen LogP contribution in [0.15, 0.2) is 18.2 Å². The molecular weight excluding hydrogens is 268 g/mol. The molecule has 1 aliphatic heterocycles. The number of piperidine rings is 1. The number of nitrogens with one attached hydrogen (secondary N) is 1. The Kier molecular flexibility index (Phi) is 4.99. The first kappa shape index (κ1) is 14.1. The highest BCUT2D eigenvalue weighted by atomic mass is 35.5. The third kappa shape index (κ3) is 3.81. The fourth-order valence-corrected chi connectivity index (χ4v) is 2.51. The van der Waals surface area contributed by atoms with Crippen molar-refractivity contribution in [2.45, 2.75) is 31.7 Å². The van der Waals surface area contributed by atoms with E-state index in [9.17, 15) is 10.1 Å². The average Bonchev–Trinajstić information content (AvgIpc) is 2.39. The van der Waals surface area contributed by atoms with Crippen molar-refractivity contribution < 1.29 is 9.66 Å². The number of halogens is 1. The van der Waals surface area contributed by atoms with Crippen LogP contribution in [0.1, 0.15) is 25.7 Å². The Bertz CT molecular complexity index is 448. The molecule has 0 saturated carbocycles. The molecule has 1 saturated heterocycles. The second-order valence-corrected chi connectivity index (χ2v) is 5.03. The van der Waals surface area contributed by atoms with E-state index >= 15 is 0 Å². The predicted octanol–water partition coefficient (Wildman–Crippen LogP) is 3.16. The molecular formula is C13H17ClN2O3. The normalized spacial score (nSPS) is 19.1. The van der Waals surface area contributed by atoms with Crippen LogP contribution in [-0.2, 0) is 0 Å². The predicted molar refractivity (Wildman–Crippen MR) is 73.9 cm³/mol. The number of benzene rings is 1. The molecule has 1 aliphatic rings. The molecule has 104 valence electrons. The van der Waals surface area contributed by atoms with Crippen LogP contribution in [-0.4, -0.2) is 24.1 Å². The van der Waals surface area contributed by atoms with Crippen molar-refractivity contribution in [3.63, 3.8) is 0 Å². The molecule has 1 aromatic rings. The summed E-state index contributed by atoms with van der Waals surface area (Å²) in [6, 6.07) is 5.18.